The fourth-order valence-corrected chi connectivity index (χ4v) is 2.86. The van der Waals surface area contributed by atoms with Gasteiger partial charge in [-0.1, -0.05) is 39.7 Å². The average Bonchev–Trinajstić information content (AvgIpc) is 2.81. The van der Waals surface area contributed by atoms with Crippen molar-refractivity contribution in [2.45, 2.75) is 12.5 Å². The molecule has 0 saturated heterocycles. The Bertz CT molecular complexity index is 753. The van der Waals surface area contributed by atoms with Crippen LogP contribution in [0.2, 0.25) is 5.02 Å². The molecule has 1 atom stereocenters. The number of hydrogen-bond acceptors (Lipinski definition) is 2. The summed E-state index contributed by atoms with van der Waals surface area (Å²) in [6.45, 7) is 0. The summed E-state index contributed by atoms with van der Waals surface area (Å²) in [5.74, 6) is 0.780. The molecule has 20 heavy (non-hydrogen) atoms. The standard InChI is InChI=1S/C16H13BrClNO/c17-12-3-1-2-10(6-12)7-14(19)16-9-11-8-13(18)4-5-15(11)20-16/h1-6,8-9,14H,7,19H2. The summed E-state index contributed by atoms with van der Waals surface area (Å²) in [4.78, 5) is 0. The monoisotopic (exact) mass is 349 g/mol. The molecule has 4 heteroatoms. The Hall–Kier alpha value is -1.29. The second-order valence-corrected chi connectivity index (χ2v) is 6.12. The molecule has 3 aromatic rings. The van der Waals surface area contributed by atoms with Gasteiger partial charge in [-0.25, -0.2) is 0 Å². The molecule has 2 aromatic carbocycles. The van der Waals surface area contributed by atoms with E-state index in [0.717, 1.165) is 27.6 Å². The van der Waals surface area contributed by atoms with Crippen molar-refractivity contribution in [2.24, 2.45) is 5.73 Å². The molecule has 0 aliphatic rings. The zero-order valence-electron chi connectivity index (χ0n) is 10.6. The highest BCUT2D eigenvalue weighted by atomic mass is 79.9. The molecule has 0 aliphatic heterocycles. The van der Waals surface area contributed by atoms with Crippen molar-refractivity contribution in [1.29, 1.82) is 0 Å². The quantitative estimate of drug-likeness (QED) is 0.714. The van der Waals surface area contributed by atoms with Gasteiger partial charge in [-0.3, -0.25) is 0 Å². The number of fused-ring (bicyclic) bond motifs is 1. The van der Waals surface area contributed by atoms with Crippen molar-refractivity contribution < 1.29 is 4.42 Å². The Labute approximate surface area is 130 Å². The van der Waals surface area contributed by atoms with Crippen LogP contribution in [0, 0.1) is 0 Å². The van der Waals surface area contributed by atoms with Crippen LogP contribution in [0.1, 0.15) is 17.4 Å². The summed E-state index contributed by atoms with van der Waals surface area (Å²) in [7, 11) is 0. The third-order valence-electron chi connectivity index (χ3n) is 3.21. The van der Waals surface area contributed by atoms with Crippen LogP contribution in [-0.4, -0.2) is 0 Å². The number of rotatable bonds is 3. The minimum absolute atomic E-state index is 0.171. The SMILES string of the molecule is NC(Cc1cccc(Br)c1)c1cc2cc(Cl)ccc2o1. The summed E-state index contributed by atoms with van der Waals surface area (Å²) < 4.78 is 6.85. The van der Waals surface area contributed by atoms with E-state index in [1.807, 2.05) is 36.4 Å². The molecule has 2 nitrogen and oxygen atoms in total. The zero-order chi connectivity index (χ0) is 14.1. The molecule has 0 bridgehead atoms. The lowest BCUT2D eigenvalue weighted by atomic mass is 10.0. The van der Waals surface area contributed by atoms with Gasteiger partial charge in [0.05, 0.1) is 6.04 Å². The molecule has 1 aromatic heterocycles. The van der Waals surface area contributed by atoms with Gasteiger partial charge in [0.2, 0.25) is 0 Å². The van der Waals surface area contributed by atoms with Crippen molar-refractivity contribution in [3.05, 3.63) is 69.3 Å². The Balaban J connectivity index is 1.86. The lowest BCUT2D eigenvalue weighted by molar-refractivity contribution is 0.494. The van der Waals surface area contributed by atoms with Gasteiger partial charge in [-0.15, -0.1) is 0 Å². The summed E-state index contributed by atoms with van der Waals surface area (Å²) in [6, 6.07) is 15.5. The summed E-state index contributed by atoms with van der Waals surface area (Å²) in [5.41, 5.74) is 8.22. The average molecular weight is 351 g/mol. The van der Waals surface area contributed by atoms with Gasteiger partial charge >= 0.3 is 0 Å². The van der Waals surface area contributed by atoms with Gasteiger partial charge < -0.3 is 10.2 Å². The summed E-state index contributed by atoms with van der Waals surface area (Å²) in [6.07, 6.45) is 0.729. The van der Waals surface area contributed by atoms with Crippen LogP contribution in [0.25, 0.3) is 11.0 Å². The second-order valence-electron chi connectivity index (χ2n) is 4.77. The number of hydrogen-bond donors (Lipinski definition) is 1. The summed E-state index contributed by atoms with van der Waals surface area (Å²) >= 11 is 9.44. The second kappa shape index (κ2) is 5.60. The topological polar surface area (TPSA) is 39.2 Å². The van der Waals surface area contributed by atoms with Crippen LogP contribution in [-0.2, 0) is 6.42 Å². The molecule has 0 saturated carbocycles. The highest BCUT2D eigenvalue weighted by molar-refractivity contribution is 9.10. The van der Waals surface area contributed by atoms with Crippen LogP contribution >= 0.6 is 27.5 Å². The Morgan fingerprint density at radius 2 is 2.00 bits per heavy atom. The molecule has 102 valence electrons. The molecule has 2 N–H and O–H groups in total. The van der Waals surface area contributed by atoms with E-state index in [0.29, 0.717) is 5.02 Å². The van der Waals surface area contributed by atoms with E-state index in [-0.39, 0.29) is 6.04 Å². The van der Waals surface area contributed by atoms with E-state index in [9.17, 15) is 0 Å². The van der Waals surface area contributed by atoms with Gasteiger partial charge in [0.15, 0.2) is 0 Å². The number of furan rings is 1. The molecule has 1 unspecified atom stereocenters. The Kier molecular flexibility index (Phi) is 3.83. The lowest BCUT2D eigenvalue weighted by Gasteiger charge is -2.08. The minimum atomic E-state index is -0.171. The predicted octanol–water partition coefficient (Wildman–Crippen LogP) is 5.09. The maximum atomic E-state index is 6.24. The largest absolute Gasteiger partial charge is 0.459 e. The van der Waals surface area contributed by atoms with Crippen LogP contribution < -0.4 is 5.73 Å². The fraction of sp³-hybridized carbons (Fsp3) is 0.125. The molecule has 0 amide bonds. The van der Waals surface area contributed by atoms with E-state index in [4.69, 9.17) is 21.8 Å². The van der Waals surface area contributed by atoms with E-state index in [2.05, 4.69) is 28.1 Å². The fourth-order valence-electron chi connectivity index (χ4n) is 2.24. The van der Waals surface area contributed by atoms with Crippen molar-refractivity contribution in [1.82, 2.24) is 0 Å². The third-order valence-corrected chi connectivity index (χ3v) is 3.94. The van der Waals surface area contributed by atoms with Gasteiger partial charge in [0, 0.05) is 14.9 Å². The van der Waals surface area contributed by atoms with Crippen LogP contribution in [0.4, 0.5) is 0 Å². The number of benzene rings is 2. The Morgan fingerprint density at radius 3 is 2.80 bits per heavy atom. The van der Waals surface area contributed by atoms with Crippen molar-refractivity contribution in [2.75, 3.05) is 0 Å². The molecule has 0 radical (unpaired) electrons. The van der Waals surface area contributed by atoms with Gasteiger partial charge in [0.25, 0.3) is 0 Å². The van der Waals surface area contributed by atoms with Crippen molar-refractivity contribution in [3.8, 4) is 0 Å². The molecule has 0 spiro atoms. The smallest absolute Gasteiger partial charge is 0.134 e. The van der Waals surface area contributed by atoms with E-state index in [1.165, 1.54) is 5.56 Å². The molecule has 3 rings (SSSR count). The molecular formula is C16H13BrClNO. The van der Waals surface area contributed by atoms with Crippen molar-refractivity contribution >= 4 is 38.5 Å². The van der Waals surface area contributed by atoms with Crippen LogP contribution in [0.5, 0.6) is 0 Å². The summed E-state index contributed by atoms with van der Waals surface area (Å²) in [5, 5.41) is 1.68. The lowest BCUT2D eigenvalue weighted by Crippen LogP contribution is -2.12. The Morgan fingerprint density at radius 1 is 1.15 bits per heavy atom. The maximum absolute atomic E-state index is 6.24. The van der Waals surface area contributed by atoms with Gasteiger partial charge in [-0.05, 0) is 48.4 Å². The van der Waals surface area contributed by atoms with Gasteiger partial charge in [0.1, 0.15) is 11.3 Å². The van der Waals surface area contributed by atoms with E-state index >= 15 is 0 Å². The first kappa shape index (κ1) is 13.7. The zero-order valence-corrected chi connectivity index (χ0v) is 13.0. The molecule has 0 aliphatic carbocycles. The number of nitrogens with two attached hydrogens (primary N) is 1. The first-order valence-electron chi connectivity index (χ1n) is 6.31. The minimum Gasteiger partial charge on any atom is -0.459 e. The van der Waals surface area contributed by atoms with Crippen LogP contribution in [0.3, 0.4) is 0 Å². The van der Waals surface area contributed by atoms with Gasteiger partial charge in [-0.2, -0.15) is 0 Å². The molecule has 0 fully saturated rings. The van der Waals surface area contributed by atoms with Crippen molar-refractivity contribution in [3.63, 3.8) is 0 Å². The van der Waals surface area contributed by atoms with E-state index in [1.54, 1.807) is 0 Å². The van der Waals surface area contributed by atoms with E-state index < -0.39 is 0 Å². The molecular weight excluding hydrogens is 338 g/mol. The van der Waals surface area contributed by atoms with Crippen LogP contribution in [0.15, 0.2) is 57.4 Å². The predicted molar refractivity (Wildman–Crippen MR) is 86.0 cm³/mol. The highest BCUT2D eigenvalue weighted by Crippen LogP contribution is 2.27. The molecule has 1 heterocycles. The normalized spacial score (nSPS) is 12.8. The first-order valence-corrected chi connectivity index (χ1v) is 7.48. The third kappa shape index (κ3) is 2.90. The number of halogens is 2. The maximum Gasteiger partial charge on any atom is 0.134 e. The first-order chi connectivity index (χ1) is 9.61. The highest BCUT2D eigenvalue weighted by Gasteiger charge is 2.13.